The van der Waals surface area contributed by atoms with E-state index in [2.05, 4.69) is 0 Å². The van der Waals surface area contributed by atoms with E-state index in [0.29, 0.717) is 6.54 Å². The van der Waals surface area contributed by atoms with Gasteiger partial charge in [0.25, 0.3) is 0 Å². The molecule has 0 saturated heterocycles. The molecule has 2 N–H and O–H groups in total. The number of aromatic nitrogens is 1. The first-order valence-corrected chi connectivity index (χ1v) is 5.19. The summed E-state index contributed by atoms with van der Waals surface area (Å²) in [6.45, 7) is 5.01. The normalized spacial score (nSPS) is 12.5. The molecule has 0 fully saturated rings. The average molecular weight is 209 g/mol. The molecule has 1 aromatic rings. The molecule has 4 heteroatoms. The van der Waals surface area contributed by atoms with Gasteiger partial charge in [0.15, 0.2) is 0 Å². The van der Waals surface area contributed by atoms with Crippen LogP contribution in [0.1, 0.15) is 25.5 Å². The summed E-state index contributed by atoms with van der Waals surface area (Å²) in [5.74, 6) is 0.115. The van der Waals surface area contributed by atoms with Gasteiger partial charge in [-0.15, -0.1) is 0 Å². The van der Waals surface area contributed by atoms with Crippen LogP contribution in [-0.2, 0) is 11.3 Å². The predicted octanol–water partition coefficient (Wildman–Crippen LogP) is 0.986. The highest BCUT2D eigenvalue weighted by Crippen LogP contribution is 2.09. The fraction of sp³-hybridized carbons (Fsp3) is 0.545. The minimum absolute atomic E-state index is 0.0188. The highest BCUT2D eigenvalue weighted by atomic mass is 16.2. The molecule has 0 spiro atoms. The Hall–Kier alpha value is -1.29. The molecule has 4 nitrogen and oxygen atoms in total. The van der Waals surface area contributed by atoms with Crippen molar-refractivity contribution in [3.8, 4) is 0 Å². The van der Waals surface area contributed by atoms with E-state index in [9.17, 15) is 4.79 Å². The fourth-order valence-corrected chi connectivity index (χ4v) is 1.28. The topological polar surface area (TPSA) is 51.3 Å². The Balaban J connectivity index is 2.61. The van der Waals surface area contributed by atoms with E-state index in [4.69, 9.17) is 5.73 Å². The molecule has 1 heterocycles. The third-order valence-electron chi connectivity index (χ3n) is 2.52. The molecule has 0 aliphatic carbocycles. The highest BCUT2D eigenvalue weighted by Gasteiger charge is 2.08. The molecule has 0 aliphatic heterocycles. The fourth-order valence-electron chi connectivity index (χ4n) is 1.28. The Labute approximate surface area is 90.7 Å². The van der Waals surface area contributed by atoms with Crippen molar-refractivity contribution in [1.82, 2.24) is 9.47 Å². The first-order chi connectivity index (χ1) is 7.04. The van der Waals surface area contributed by atoms with Crippen LogP contribution < -0.4 is 5.73 Å². The zero-order valence-corrected chi connectivity index (χ0v) is 9.60. The van der Waals surface area contributed by atoms with E-state index in [-0.39, 0.29) is 11.9 Å². The zero-order chi connectivity index (χ0) is 11.4. The van der Waals surface area contributed by atoms with Crippen LogP contribution in [0.5, 0.6) is 0 Å². The van der Waals surface area contributed by atoms with Gasteiger partial charge in [-0.3, -0.25) is 4.79 Å². The van der Waals surface area contributed by atoms with Crippen LogP contribution in [0.3, 0.4) is 0 Å². The van der Waals surface area contributed by atoms with E-state index in [1.165, 1.54) is 0 Å². The summed E-state index contributed by atoms with van der Waals surface area (Å²) < 4.78 is 1.87. The summed E-state index contributed by atoms with van der Waals surface area (Å²) in [6, 6.07) is 1.97. The van der Waals surface area contributed by atoms with Crippen LogP contribution in [0.2, 0.25) is 0 Å². The molecule has 1 atom stereocenters. The van der Waals surface area contributed by atoms with E-state index in [1.807, 2.05) is 36.9 Å². The average Bonchev–Trinajstić information content (AvgIpc) is 2.65. The third kappa shape index (κ3) is 3.09. The SMILES string of the molecule is CCN(C)C(=O)Cn1ccc(C(C)N)c1. The van der Waals surface area contributed by atoms with Crippen molar-refractivity contribution in [2.24, 2.45) is 5.73 Å². The molecular formula is C11H19N3O. The summed E-state index contributed by atoms with van der Waals surface area (Å²) in [7, 11) is 1.80. The quantitative estimate of drug-likeness (QED) is 0.804. The maximum Gasteiger partial charge on any atom is 0.242 e. The van der Waals surface area contributed by atoms with Crippen LogP contribution in [0, 0.1) is 0 Å². The molecular weight excluding hydrogens is 190 g/mol. The molecule has 0 saturated carbocycles. The van der Waals surface area contributed by atoms with Crippen LogP contribution >= 0.6 is 0 Å². The molecule has 0 aliphatic rings. The van der Waals surface area contributed by atoms with E-state index < -0.39 is 0 Å². The van der Waals surface area contributed by atoms with Crippen molar-refractivity contribution in [2.75, 3.05) is 13.6 Å². The second-order valence-corrected chi connectivity index (χ2v) is 3.81. The number of rotatable bonds is 4. The largest absolute Gasteiger partial charge is 0.345 e. The summed E-state index contributed by atoms with van der Waals surface area (Å²) >= 11 is 0. The first-order valence-electron chi connectivity index (χ1n) is 5.19. The van der Waals surface area contributed by atoms with E-state index >= 15 is 0 Å². The summed E-state index contributed by atoms with van der Waals surface area (Å²) in [6.07, 6.45) is 3.81. The number of hydrogen-bond donors (Lipinski definition) is 1. The predicted molar refractivity (Wildman–Crippen MR) is 60.3 cm³/mol. The lowest BCUT2D eigenvalue weighted by Gasteiger charge is -2.14. The minimum Gasteiger partial charge on any atom is -0.345 e. The van der Waals surface area contributed by atoms with Gasteiger partial charge in [0.05, 0.1) is 0 Å². The molecule has 0 radical (unpaired) electrons. The smallest absolute Gasteiger partial charge is 0.242 e. The molecule has 1 rings (SSSR count). The van der Waals surface area contributed by atoms with Gasteiger partial charge in [-0.05, 0) is 25.5 Å². The Bertz CT molecular complexity index is 330. The first kappa shape index (κ1) is 11.8. The monoisotopic (exact) mass is 209 g/mol. The summed E-state index contributed by atoms with van der Waals surface area (Å²) in [4.78, 5) is 13.3. The summed E-state index contributed by atoms with van der Waals surface area (Å²) in [5.41, 5.74) is 6.79. The van der Waals surface area contributed by atoms with Crippen LogP contribution in [0.25, 0.3) is 0 Å². The molecule has 1 aromatic heterocycles. The second-order valence-electron chi connectivity index (χ2n) is 3.81. The van der Waals surface area contributed by atoms with Gasteiger partial charge in [0.2, 0.25) is 5.91 Å². The molecule has 84 valence electrons. The van der Waals surface area contributed by atoms with Crippen molar-refractivity contribution < 1.29 is 4.79 Å². The Kier molecular flexibility index (Phi) is 3.91. The van der Waals surface area contributed by atoms with Gasteiger partial charge in [0, 0.05) is 32.0 Å². The Morgan fingerprint density at radius 1 is 1.67 bits per heavy atom. The number of carbonyl (C=O) groups excluding carboxylic acids is 1. The van der Waals surface area contributed by atoms with Gasteiger partial charge in [-0.25, -0.2) is 0 Å². The second kappa shape index (κ2) is 4.98. The highest BCUT2D eigenvalue weighted by molar-refractivity contribution is 5.75. The molecule has 0 bridgehead atoms. The standard InChI is InChI=1S/C11H19N3O/c1-4-13(3)11(15)8-14-6-5-10(7-14)9(2)12/h5-7,9H,4,8,12H2,1-3H3. The number of nitrogens with zero attached hydrogens (tertiary/aromatic N) is 2. The molecule has 0 aromatic carbocycles. The molecule has 15 heavy (non-hydrogen) atoms. The number of carbonyl (C=O) groups is 1. The van der Waals surface area contributed by atoms with Crippen molar-refractivity contribution in [1.29, 1.82) is 0 Å². The maximum atomic E-state index is 11.6. The summed E-state index contributed by atoms with van der Waals surface area (Å²) in [5, 5.41) is 0. The number of amides is 1. The van der Waals surface area contributed by atoms with Crippen LogP contribution in [0.4, 0.5) is 0 Å². The number of nitrogens with two attached hydrogens (primary N) is 1. The third-order valence-corrected chi connectivity index (χ3v) is 2.52. The molecule has 1 unspecified atom stereocenters. The van der Waals surface area contributed by atoms with Gasteiger partial charge >= 0.3 is 0 Å². The molecule has 1 amide bonds. The van der Waals surface area contributed by atoms with E-state index in [1.54, 1.807) is 11.9 Å². The zero-order valence-electron chi connectivity index (χ0n) is 9.60. The van der Waals surface area contributed by atoms with Gasteiger partial charge in [-0.1, -0.05) is 0 Å². The van der Waals surface area contributed by atoms with Crippen LogP contribution in [-0.4, -0.2) is 29.0 Å². The Morgan fingerprint density at radius 3 is 2.80 bits per heavy atom. The van der Waals surface area contributed by atoms with E-state index in [0.717, 1.165) is 12.1 Å². The number of hydrogen-bond acceptors (Lipinski definition) is 2. The van der Waals surface area contributed by atoms with Crippen molar-refractivity contribution >= 4 is 5.91 Å². The minimum atomic E-state index is 0.0188. The number of likely N-dealkylation sites (N-methyl/N-ethyl adjacent to an activating group) is 1. The van der Waals surface area contributed by atoms with Gasteiger partial charge in [0.1, 0.15) is 6.54 Å². The van der Waals surface area contributed by atoms with Crippen molar-refractivity contribution in [3.63, 3.8) is 0 Å². The Morgan fingerprint density at radius 2 is 2.33 bits per heavy atom. The van der Waals surface area contributed by atoms with Crippen molar-refractivity contribution in [2.45, 2.75) is 26.4 Å². The van der Waals surface area contributed by atoms with Crippen molar-refractivity contribution in [3.05, 3.63) is 24.0 Å². The lowest BCUT2D eigenvalue weighted by molar-refractivity contribution is -0.130. The lowest BCUT2D eigenvalue weighted by Crippen LogP contribution is -2.29. The van der Waals surface area contributed by atoms with Crippen LogP contribution in [0.15, 0.2) is 18.5 Å². The van der Waals surface area contributed by atoms with Gasteiger partial charge < -0.3 is 15.2 Å². The maximum absolute atomic E-state index is 11.6. The van der Waals surface area contributed by atoms with Gasteiger partial charge in [-0.2, -0.15) is 0 Å². The lowest BCUT2D eigenvalue weighted by atomic mass is 10.2.